The lowest BCUT2D eigenvalue weighted by molar-refractivity contribution is -0.163. The summed E-state index contributed by atoms with van der Waals surface area (Å²) in [6, 6.07) is 9.71. The van der Waals surface area contributed by atoms with Crippen LogP contribution in [0, 0.1) is 11.3 Å². The minimum absolute atomic E-state index is 0.0597. The molecule has 1 aromatic rings. The first-order chi connectivity index (χ1) is 10.2. The molecule has 0 amide bonds. The van der Waals surface area contributed by atoms with Gasteiger partial charge in [0.25, 0.3) is 0 Å². The van der Waals surface area contributed by atoms with Crippen LogP contribution in [0.1, 0.15) is 45.6 Å². The molecule has 1 saturated heterocycles. The fourth-order valence-electron chi connectivity index (χ4n) is 3.55. The van der Waals surface area contributed by atoms with Gasteiger partial charge in [0.05, 0.1) is 6.61 Å². The van der Waals surface area contributed by atoms with Crippen LogP contribution in [0.15, 0.2) is 30.3 Å². The Morgan fingerprint density at radius 2 is 1.82 bits per heavy atom. The number of rotatable bonds is 2. The van der Waals surface area contributed by atoms with Crippen LogP contribution >= 0.6 is 0 Å². The Hall–Kier alpha value is -1.00. The minimum Gasteiger partial charge on any atom is -0.349 e. The molecule has 3 rings (SSSR count). The smallest absolute Gasteiger partial charge is 0.248 e. The second kappa shape index (κ2) is 5.27. The van der Waals surface area contributed by atoms with E-state index in [4.69, 9.17) is 9.47 Å². The molecule has 1 aromatic carbocycles. The second-order valence-corrected chi connectivity index (χ2v) is 7.68. The summed E-state index contributed by atoms with van der Waals surface area (Å²) in [5, 5.41) is 0. The SMILES string of the molecule is CC(C)(C)[C@@H]1OC[C@](c2ccccc2)([C@@H]2CCC(F)(F)C2)O1. The van der Waals surface area contributed by atoms with E-state index in [1.807, 2.05) is 51.1 Å². The topological polar surface area (TPSA) is 18.5 Å². The molecule has 0 aromatic heterocycles. The van der Waals surface area contributed by atoms with E-state index in [0.717, 1.165) is 5.56 Å². The van der Waals surface area contributed by atoms with E-state index < -0.39 is 11.5 Å². The van der Waals surface area contributed by atoms with Crippen molar-refractivity contribution in [2.24, 2.45) is 11.3 Å². The number of halogens is 2. The van der Waals surface area contributed by atoms with Gasteiger partial charge >= 0.3 is 0 Å². The molecule has 2 nitrogen and oxygen atoms in total. The summed E-state index contributed by atoms with van der Waals surface area (Å²) in [5.41, 5.74) is 0.0148. The highest BCUT2D eigenvalue weighted by molar-refractivity contribution is 5.26. The van der Waals surface area contributed by atoms with Gasteiger partial charge in [-0.05, 0) is 12.0 Å². The summed E-state index contributed by atoms with van der Waals surface area (Å²) in [6.45, 7) is 6.48. The van der Waals surface area contributed by atoms with E-state index in [1.165, 1.54) is 0 Å². The van der Waals surface area contributed by atoms with Gasteiger partial charge in [0, 0.05) is 24.2 Å². The molecule has 1 aliphatic heterocycles. The molecule has 22 heavy (non-hydrogen) atoms. The Bertz CT molecular complexity index is 524. The van der Waals surface area contributed by atoms with Crippen molar-refractivity contribution in [3.63, 3.8) is 0 Å². The number of ether oxygens (including phenoxy) is 2. The van der Waals surface area contributed by atoms with Gasteiger partial charge in [-0.2, -0.15) is 0 Å². The van der Waals surface area contributed by atoms with Gasteiger partial charge < -0.3 is 9.47 Å². The van der Waals surface area contributed by atoms with Crippen LogP contribution in [0.2, 0.25) is 0 Å². The molecule has 122 valence electrons. The molecule has 0 spiro atoms. The molecule has 0 radical (unpaired) electrons. The summed E-state index contributed by atoms with van der Waals surface area (Å²) in [7, 11) is 0. The molecule has 2 aliphatic rings. The van der Waals surface area contributed by atoms with Gasteiger partial charge in [-0.15, -0.1) is 0 Å². The Balaban J connectivity index is 1.95. The Morgan fingerprint density at radius 3 is 2.32 bits per heavy atom. The Morgan fingerprint density at radius 1 is 1.14 bits per heavy atom. The first-order valence-electron chi connectivity index (χ1n) is 7.96. The Kier molecular flexibility index (Phi) is 3.81. The van der Waals surface area contributed by atoms with Gasteiger partial charge in [0.2, 0.25) is 5.92 Å². The Labute approximate surface area is 130 Å². The van der Waals surface area contributed by atoms with Crippen molar-refractivity contribution in [1.29, 1.82) is 0 Å². The van der Waals surface area contributed by atoms with Crippen molar-refractivity contribution < 1.29 is 18.3 Å². The normalized spacial score (nSPS) is 35.0. The third-order valence-electron chi connectivity index (χ3n) is 4.80. The predicted molar refractivity (Wildman–Crippen MR) is 80.7 cm³/mol. The molecule has 0 N–H and O–H groups in total. The van der Waals surface area contributed by atoms with Crippen LogP contribution < -0.4 is 0 Å². The lowest BCUT2D eigenvalue weighted by Crippen LogP contribution is -2.39. The van der Waals surface area contributed by atoms with Crippen LogP contribution in [0.5, 0.6) is 0 Å². The maximum absolute atomic E-state index is 13.8. The van der Waals surface area contributed by atoms with E-state index >= 15 is 0 Å². The molecular weight excluding hydrogens is 286 g/mol. The molecule has 2 fully saturated rings. The van der Waals surface area contributed by atoms with Crippen LogP contribution in [0.3, 0.4) is 0 Å². The van der Waals surface area contributed by atoms with Crippen LogP contribution in [-0.4, -0.2) is 18.8 Å². The lowest BCUT2D eigenvalue weighted by atomic mass is 9.80. The molecule has 4 heteroatoms. The molecule has 0 unspecified atom stereocenters. The lowest BCUT2D eigenvalue weighted by Gasteiger charge is -2.36. The highest BCUT2D eigenvalue weighted by atomic mass is 19.3. The van der Waals surface area contributed by atoms with E-state index in [9.17, 15) is 8.78 Å². The van der Waals surface area contributed by atoms with Crippen molar-refractivity contribution in [3.8, 4) is 0 Å². The van der Waals surface area contributed by atoms with Crippen molar-refractivity contribution in [2.75, 3.05) is 6.61 Å². The highest BCUT2D eigenvalue weighted by Crippen LogP contribution is 2.53. The first kappa shape index (κ1) is 15.9. The quantitative estimate of drug-likeness (QED) is 0.786. The van der Waals surface area contributed by atoms with Crippen LogP contribution in [-0.2, 0) is 15.1 Å². The predicted octanol–water partition coefficient (Wildman–Crippen LogP) is 4.74. The molecule has 1 aliphatic carbocycles. The van der Waals surface area contributed by atoms with Crippen molar-refractivity contribution in [2.45, 2.75) is 57.8 Å². The zero-order chi connectivity index (χ0) is 16.0. The molecular formula is C18H24F2O2. The summed E-state index contributed by atoms with van der Waals surface area (Å²) >= 11 is 0. The monoisotopic (exact) mass is 310 g/mol. The fourth-order valence-corrected chi connectivity index (χ4v) is 3.55. The summed E-state index contributed by atoms with van der Waals surface area (Å²) in [6.07, 6.45) is -0.0815. The average molecular weight is 310 g/mol. The fraction of sp³-hybridized carbons (Fsp3) is 0.667. The zero-order valence-corrected chi connectivity index (χ0v) is 13.4. The summed E-state index contributed by atoms with van der Waals surface area (Å²) in [4.78, 5) is 0. The van der Waals surface area contributed by atoms with Crippen LogP contribution in [0.25, 0.3) is 0 Å². The number of hydrogen-bond donors (Lipinski definition) is 0. The number of benzene rings is 1. The molecule has 0 bridgehead atoms. The largest absolute Gasteiger partial charge is 0.349 e. The minimum atomic E-state index is -2.59. The van der Waals surface area contributed by atoms with E-state index in [0.29, 0.717) is 13.0 Å². The zero-order valence-electron chi connectivity index (χ0n) is 13.4. The maximum atomic E-state index is 13.8. The van der Waals surface area contributed by atoms with Crippen molar-refractivity contribution in [3.05, 3.63) is 35.9 Å². The third-order valence-corrected chi connectivity index (χ3v) is 4.80. The standard InChI is InChI=1S/C18H24F2O2/c1-16(2,3)15-21-12-18(22-15,13-7-5-4-6-8-13)14-9-10-17(19,20)11-14/h4-8,14-15H,9-12H2,1-3H3/t14-,15-,18+/m1/s1. The van der Waals surface area contributed by atoms with Gasteiger partial charge in [-0.1, -0.05) is 51.1 Å². The number of hydrogen-bond acceptors (Lipinski definition) is 2. The molecule has 3 atom stereocenters. The molecule has 1 saturated carbocycles. The number of alkyl halides is 2. The van der Waals surface area contributed by atoms with Gasteiger partial charge in [-0.25, -0.2) is 8.78 Å². The van der Waals surface area contributed by atoms with Crippen molar-refractivity contribution in [1.82, 2.24) is 0 Å². The third kappa shape index (κ3) is 2.79. The summed E-state index contributed by atoms with van der Waals surface area (Å²) < 4.78 is 39.8. The van der Waals surface area contributed by atoms with E-state index in [2.05, 4.69) is 0 Å². The highest BCUT2D eigenvalue weighted by Gasteiger charge is 2.56. The van der Waals surface area contributed by atoms with Gasteiger partial charge in [-0.3, -0.25) is 0 Å². The summed E-state index contributed by atoms with van der Waals surface area (Å²) in [5.74, 6) is -2.80. The average Bonchev–Trinajstić information content (AvgIpc) is 3.04. The van der Waals surface area contributed by atoms with Crippen molar-refractivity contribution >= 4 is 0 Å². The molecule has 1 heterocycles. The maximum Gasteiger partial charge on any atom is 0.248 e. The van der Waals surface area contributed by atoms with Gasteiger partial charge in [0.1, 0.15) is 5.60 Å². The van der Waals surface area contributed by atoms with E-state index in [1.54, 1.807) is 0 Å². The first-order valence-corrected chi connectivity index (χ1v) is 7.96. The van der Waals surface area contributed by atoms with E-state index in [-0.39, 0.29) is 30.5 Å². The van der Waals surface area contributed by atoms with Crippen LogP contribution in [0.4, 0.5) is 8.78 Å². The van der Waals surface area contributed by atoms with Gasteiger partial charge in [0.15, 0.2) is 6.29 Å². The second-order valence-electron chi connectivity index (χ2n) is 7.68.